The lowest BCUT2D eigenvalue weighted by molar-refractivity contribution is 0.112. The molecule has 0 aliphatic carbocycles. The molecular weight excluding hydrogens is 230 g/mol. The van der Waals surface area contributed by atoms with Gasteiger partial charge in [-0.15, -0.1) is 11.3 Å². The van der Waals surface area contributed by atoms with Crippen LogP contribution in [0.1, 0.15) is 20.8 Å². The molecule has 0 radical (unpaired) electrons. The molecule has 16 heavy (non-hydrogen) atoms. The molecule has 2 rings (SSSR count). The second kappa shape index (κ2) is 4.53. The fourth-order valence-corrected chi connectivity index (χ4v) is 2.19. The number of hydrogen-bond acceptors (Lipinski definition) is 2. The summed E-state index contributed by atoms with van der Waals surface area (Å²) in [6.07, 6.45) is 1.22. The van der Waals surface area contributed by atoms with Crippen LogP contribution in [0, 0.1) is 11.6 Å². The molecule has 0 aliphatic heterocycles. The van der Waals surface area contributed by atoms with E-state index in [-0.39, 0.29) is 0 Å². The third-order valence-electron chi connectivity index (χ3n) is 2.27. The average molecular weight is 238 g/mol. The molecule has 0 spiro atoms. The van der Waals surface area contributed by atoms with Gasteiger partial charge < -0.3 is 0 Å². The van der Waals surface area contributed by atoms with E-state index in [1.54, 1.807) is 5.38 Å². The molecule has 4 heteroatoms. The first-order valence-electron chi connectivity index (χ1n) is 4.66. The number of thiophene rings is 1. The Kier molecular flexibility index (Phi) is 3.10. The zero-order valence-corrected chi connectivity index (χ0v) is 9.06. The first kappa shape index (κ1) is 11.0. The van der Waals surface area contributed by atoms with Gasteiger partial charge in [0, 0.05) is 0 Å². The van der Waals surface area contributed by atoms with Crippen LogP contribution in [0.25, 0.3) is 0 Å². The summed E-state index contributed by atoms with van der Waals surface area (Å²) < 4.78 is 25.6. The van der Waals surface area contributed by atoms with Crippen molar-refractivity contribution in [2.75, 3.05) is 0 Å². The van der Waals surface area contributed by atoms with Gasteiger partial charge in [0.15, 0.2) is 17.9 Å². The van der Waals surface area contributed by atoms with Gasteiger partial charge in [-0.3, -0.25) is 4.79 Å². The van der Waals surface area contributed by atoms with Gasteiger partial charge in [-0.05, 0) is 41.1 Å². The van der Waals surface area contributed by atoms with Crippen LogP contribution in [0.3, 0.4) is 0 Å². The molecule has 0 unspecified atom stereocenters. The minimum atomic E-state index is -0.861. The topological polar surface area (TPSA) is 17.1 Å². The van der Waals surface area contributed by atoms with Crippen LogP contribution >= 0.6 is 11.3 Å². The third-order valence-corrected chi connectivity index (χ3v) is 3.15. The quantitative estimate of drug-likeness (QED) is 0.749. The van der Waals surface area contributed by atoms with Crippen LogP contribution < -0.4 is 0 Å². The van der Waals surface area contributed by atoms with Crippen LogP contribution in [0.2, 0.25) is 0 Å². The summed E-state index contributed by atoms with van der Waals surface area (Å²) in [5, 5.41) is 1.80. The van der Waals surface area contributed by atoms with Crippen molar-refractivity contribution < 1.29 is 13.6 Å². The molecule has 2 aromatic rings. The molecule has 0 amide bonds. The van der Waals surface area contributed by atoms with Gasteiger partial charge in [-0.25, -0.2) is 8.78 Å². The van der Waals surface area contributed by atoms with E-state index in [2.05, 4.69) is 0 Å². The van der Waals surface area contributed by atoms with Gasteiger partial charge in [0.05, 0.1) is 4.88 Å². The Labute approximate surface area is 95.4 Å². The normalized spacial score (nSPS) is 10.4. The Bertz CT molecular complexity index is 519. The van der Waals surface area contributed by atoms with E-state index in [4.69, 9.17) is 0 Å². The second-order valence-electron chi connectivity index (χ2n) is 3.35. The van der Waals surface area contributed by atoms with Crippen molar-refractivity contribution in [3.05, 3.63) is 57.3 Å². The highest BCUT2D eigenvalue weighted by Crippen LogP contribution is 2.19. The fraction of sp³-hybridized carbons (Fsp3) is 0.0833. The number of benzene rings is 1. The smallest absolute Gasteiger partial charge is 0.160 e. The first-order chi connectivity index (χ1) is 7.70. The predicted octanol–water partition coefficient (Wildman–Crippen LogP) is 3.43. The van der Waals surface area contributed by atoms with Crippen molar-refractivity contribution in [2.24, 2.45) is 0 Å². The minimum Gasteiger partial charge on any atom is -0.297 e. The molecule has 0 aliphatic rings. The maximum atomic E-state index is 12.9. The highest BCUT2D eigenvalue weighted by atomic mass is 32.1. The van der Waals surface area contributed by atoms with Crippen LogP contribution in [0.5, 0.6) is 0 Å². The van der Waals surface area contributed by atoms with E-state index in [0.717, 1.165) is 24.0 Å². The standard InChI is InChI=1S/C12H8F2OS/c13-10-2-1-8(6-11(10)14)5-9-3-4-16-12(9)7-15/h1-4,6-7H,5H2. The van der Waals surface area contributed by atoms with Gasteiger partial charge >= 0.3 is 0 Å². The molecule has 0 N–H and O–H groups in total. The molecule has 1 heterocycles. The Balaban J connectivity index is 2.27. The largest absolute Gasteiger partial charge is 0.297 e. The summed E-state index contributed by atoms with van der Waals surface area (Å²) in [5.41, 5.74) is 1.49. The number of aldehydes is 1. The van der Waals surface area contributed by atoms with Crippen molar-refractivity contribution in [2.45, 2.75) is 6.42 Å². The van der Waals surface area contributed by atoms with Gasteiger partial charge in [-0.2, -0.15) is 0 Å². The van der Waals surface area contributed by atoms with E-state index < -0.39 is 11.6 Å². The number of hydrogen-bond donors (Lipinski definition) is 0. The van der Waals surface area contributed by atoms with E-state index in [1.165, 1.54) is 17.4 Å². The van der Waals surface area contributed by atoms with E-state index >= 15 is 0 Å². The Morgan fingerprint density at radius 1 is 1.19 bits per heavy atom. The van der Waals surface area contributed by atoms with Crippen LogP contribution in [0.15, 0.2) is 29.6 Å². The number of carbonyl (C=O) groups is 1. The first-order valence-corrected chi connectivity index (χ1v) is 5.54. The Morgan fingerprint density at radius 3 is 2.69 bits per heavy atom. The predicted molar refractivity (Wildman–Crippen MR) is 58.9 cm³/mol. The summed E-state index contributed by atoms with van der Waals surface area (Å²) in [6, 6.07) is 5.58. The zero-order chi connectivity index (χ0) is 11.5. The minimum absolute atomic E-state index is 0.439. The lowest BCUT2D eigenvalue weighted by Crippen LogP contribution is -1.92. The number of halogens is 2. The molecule has 1 aromatic heterocycles. The van der Waals surface area contributed by atoms with Gasteiger partial charge in [-0.1, -0.05) is 6.07 Å². The number of rotatable bonds is 3. The Morgan fingerprint density at radius 2 is 2.00 bits per heavy atom. The second-order valence-corrected chi connectivity index (χ2v) is 4.30. The molecule has 82 valence electrons. The molecule has 0 atom stereocenters. The van der Waals surface area contributed by atoms with Crippen molar-refractivity contribution in [1.82, 2.24) is 0 Å². The van der Waals surface area contributed by atoms with Gasteiger partial charge in [0.1, 0.15) is 0 Å². The van der Waals surface area contributed by atoms with Crippen LogP contribution in [0.4, 0.5) is 8.78 Å². The average Bonchev–Trinajstić information content (AvgIpc) is 2.71. The van der Waals surface area contributed by atoms with E-state index in [1.807, 2.05) is 6.07 Å². The molecule has 1 nitrogen and oxygen atoms in total. The van der Waals surface area contributed by atoms with Crippen molar-refractivity contribution in [3.63, 3.8) is 0 Å². The summed E-state index contributed by atoms with van der Waals surface area (Å²) >= 11 is 1.34. The summed E-state index contributed by atoms with van der Waals surface area (Å²) in [5.74, 6) is -1.72. The third kappa shape index (κ3) is 2.17. The van der Waals surface area contributed by atoms with E-state index in [0.29, 0.717) is 16.9 Å². The van der Waals surface area contributed by atoms with Crippen molar-refractivity contribution >= 4 is 17.6 Å². The monoisotopic (exact) mass is 238 g/mol. The molecule has 0 bridgehead atoms. The SMILES string of the molecule is O=Cc1sccc1Cc1ccc(F)c(F)c1. The molecule has 1 aromatic carbocycles. The van der Waals surface area contributed by atoms with Gasteiger partial charge in [0.25, 0.3) is 0 Å². The molecule has 0 saturated heterocycles. The Hall–Kier alpha value is -1.55. The lowest BCUT2D eigenvalue weighted by Gasteiger charge is -2.01. The molecule has 0 fully saturated rings. The maximum absolute atomic E-state index is 12.9. The van der Waals surface area contributed by atoms with Crippen molar-refractivity contribution in [1.29, 1.82) is 0 Å². The van der Waals surface area contributed by atoms with Crippen molar-refractivity contribution in [3.8, 4) is 0 Å². The summed E-state index contributed by atoms with van der Waals surface area (Å²) in [7, 11) is 0. The fourth-order valence-electron chi connectivity index (χ4n) is 1.47. The zero-order valence-electron chi connectivity index (χ0n) is 8.24. The maximum Gasteiger partial charge on any atom is 0.160 e. The van der Waals surface area contributed by atoms with Gasteiger partial charge in [0.2, 0.25) is 0 Å². The van der Waals surface area contributed by atoms with E-state index in [9.17, 15) is 13.6 Å². The molecular formula is C12H8F2OS. The number of carbonyl (C=O) groups excluding carboxylic acids is 1. The van der Waals surface area contributed by atoms with Crippen LogP contribution in [-0.4, -0.2) is 6.29 Å². The lowest BCUT2D eigenvalue weighted by atomic mass is 10.1. The molecule has 0 saturated carbocycles. The van der Waals surface area contributed by atoms with Crippen LogP contribution in [-0.2, 0) is 6.42 Å². The summed E-state index contributed by atoms with van der Waals surface area (Å²) in [6.45, 7) is 0. The highest BCUT2D eigenvalue weighted by Gasteiger charge is 2.07. The summed E-state index contributed by atoms with van der Waals surface area (Å²) in [4.78, 5) is 11.3. The highest BCUT2D eigenvalue weighted by molar-refractivity contribution is 7.11.